The SMILES string of the molecule is COCCCOc1cc(CC(CC(N)C(O)CNC(=O)CCCC(F)(F)F)C(C)C)ccc1OC. The van der Waals surface area contributed by atoms with Gasteiger partial charge in [0.2, 0.25) is 5.91 Å². The van der Waals surface area contributed by atoms with Gasteiger partial charge in [0.15, 0.2) is 11.5 Å². The Morgan fingerprint density at radius 2 is 1.86 bits per heavy atom. The van der Waals surface area contributed by atoms with Crippen molar-refractivity contribution in [1.82, 2.24) is 5.32 Å². The lowest BCUT2D eigenvalue weighted by Crippen LogP contribution is -2.44. The van der Waals surface area contributed by atoms with Crippen LogP contribution < -0.4 is 20.5 Å². The fourth-order valence-electron chi connectivity index (χ4n) is 3.65. The molecule has 4 N–H and O–H groups in total. The zero-order valence-corrected chi connectivity index (χ0v) is 21.2. The molecule has 0 spiro atoms. The van der Waals surface area contributed by atoms with Crippen molar-refractivity contribution >= 4 is 5.91 Å². The summed E-state index contributed by atoms with van der Waals surface area (Å²) < 4.78 is 52.9. The molecule has 35 heavy (non-hydrogen) atoms. The van der Waals surface area contributed by atoms with E-state index in [9.17, 15) is 23.1 Å². The first-order valence-electron chi connectivity index (χ1n) is 12.0. The average Bonchev–Trinajstić information content (AvgIpc) is 2.79. The molecule has 1 aromatic rings. The van der Waals surface area contributed by atoms with Crippen molar-refractivity contribution in [2.75, 3.05) is 34.0 Å². The van der Waals surface area contributed by atoms with Gasteiger partial charge in [0, 0.05) is 45.6 Å². The van der Waals surface area contributed by atoms with Crippen molar-refractivity contribution in [2.24, 2.45) is 17.6 Å². The smallest absolute Gasteiger partial charge is 0.389 e. The minimum Gasteiger partial charge on any atom is -0.493 e. The number of carbonyl (C=O) groups excluding carboxylic acids is 1. The van der Waals surface area contributed by atoms with Crippen molar-refractivity contribution in [1.29, 1.82) is 0 Å². The number of rotatable bonds is 17. The molecule has 0 bridgehead atoms. The minimum absolute atomic E-state index is 0.0984. The first-order chi connectivity index (χ1) is 16.5. The van der Waals surface area contributed by atoms with Gasteiger partial charge in [-0.05, 0) is 48.8 Å². The lowest BCUT2D eigenvalue weighted by atomic mass is 9.83. The third-order valence-corrected chi connectivity index (χ3v) is 5.86. The summed E-state index contributed by atoms with van der Waals surface area (Å²) >= 11 is 0. The molecule has 0 aliphatic rings. The van der Waals surface area contributed by atoms with Gasteiger partial charge in [-0.25, -0.2) is 0 Å². The Kier molecular flexibility index (Phi) is 14.0. The summed E-state index contributed by atoms with van der Waals surface area (Å²) in [7, 11) is 3.23. The summed E-state index contributed by atoms with van der Waals surface area (Å²) in [6, 6.07) is 5.19. The van der Waals surface area contributed by atoms with Crippen LogP contribution in [0.25, 0.3) is 0 Å². The molecule has 3 unspecified atom stereocenters. The maximum atomic E-state index is 12.2. The summed E-state index contributed by atoms with van der Waals surface area (Å²) in [6.45, 7) is 5.17. The van der Waals surface area contributed by atoms with E-state index in [-0.39, 0.29) is 31.2 Å². The number of carbonyl (C=O) groups is 1. The Bertz CT molecular complexity index is 746. The highest BCUT2D eigenvalue weighted by atomic mass is 19.4. The average molecular weight is 507 g/mol. The molecule has 1 amide bonds. The number of hydrogen-bond acceptors (Lipinski definition) is 6. The number of hydrogen-bond donors (Lipinski definition) is 3. The molecule has 0 fully saturated rings. The first-order valence-corrected chi connectivity index (χ1v) is 12.0. The third kappa shape index (κ3) is 13.0. The number of nitrogens with two attached hydrogens (primary N) is 1. The summed E-state index contributed by atoms with van der Waals surface area (Å²) in [6.07, 6.45) is -4.85. The number of nitrogens with one attached hydrogen (secondary N) is 1. The lowest BCUT2D eigenvalue weighted by Gasteiger charge is -2.27. The number of methoxy groups -OCH3 is 2. The van der Waals surface area contributed by atoms with Crippen LogP contribution in [0, 0.1) is 11.8 Å². The van der Waals surface area contributed by atoms with E-state index in [0.717, 1.165) is 12.0 Å². The maximum Gasteiger partial charge on any atom is 0.389 e. The molecule has 1 aromatic carbocycles. The van der Waals surface area contributed by atoms with Crippen LogP contribution in [-0.2, 0) is 16.0 Å². The van der Waals surface area contributed by atoms with E-state index in [0.29, 0.717) is 37.6 Å². The first kappa shape index (κ1) is 31.0. The summed E-state index contributed by atoms with van der Waals surface area (Å²) in [5, 5.41) is 12.9. The predicted molar refractivity (Wildman–Crippen MR) is 129 cm³/mol. The number of alkyl halides is 3. The van der Waals surface area contributed by atoms with Gasteiger partial charge in [-0.3, -0.25) is 4.79 Å². The zero-order chi connectivity index (χ0) is 26.4. The highest BCUT2D eigenvalue weighted by Gasteiger charge is 2.27. The Morgan fingerprint density at radius 1 is 1.14 bits per heavy atom. The summed E-state index contributed by atoms with van der Waals surface area (Å²) in [5.41, 5.74) is 7.26. The Labute approximate surface area is 206 Å². The number of halogens is 3. The van der Waals surface area contributed by atoms with Gasteiger partial charge in [0.1, 0.15) is 0 Å². The second-order valence-corrected chi connectivity index (χ2v) is 9.13. The predicted octanol–water partition coefficient (Wildman–Crippen LogP) is 3.85. The number of ether oxygens (including phenoxy) is 3. The van der Waals surface area contributed by atoms with E-state index in [4.69, 9.17) is 19.9 Å². The minimum atomic E-state index is -4.28. The molecule has 0 heterocycles. The van der Waals surface area contributed by atoms with Crippen molar-refractivity contribution in [3.63, 3.8) is 0 Å². The quantitative estimate of drug-likeness (QED) is 0.277. The van der Waals surface area contributed by atoms with Crippen LogP contribution in [0.2, 0.25) is 0 Å². The topological polar surface area (TPSA) is 103 Å². The van der Waals surface area contributed by atoms with Gasteiger partial charge in [-0.15, -0.1) is 0 Å². The molecule has 1 rings (SSSR count). The van der Waals surface area contributed by atoms with Crippen LogP contribution in [0.1, 0.15) is 51.5 Å². The van der Waals surface area contributed by atoms with Crippen molar-refractivity contribution < 1.29 is 37.3 Å². The molecule has 0 aromatic heterocycles. The van der Waals surface area contributed by atoms with Gasteiger partial charge in [0.05, 0.1) is 19.8 Å². The Balaban J connectivity index is 2.64. The van der Waals surface area contributed by atoms with Crippen LogP contribution >= 0.6 is 0 Å². The number of aliphatic hydroxyl groups is 1. The molecule has 10 heteroatoms. The van der Waals surface area contributed by atoms with E-state index in [1.807, 2.05) is 18.2 Å². The molecule has 7 nitrogen and oxygen atoms in total. The normalized spacial score (nSPS) is 14.5. The van der Waals surface area contributed by atoms with Crippen molar-refractivity contribution in [3.05, 3.63) is 23.8 Å². The molecule has 202 valence electrons. The van der Waals surface area contributed by atoms with Crippen LogP contribution in [0.5, 0.6) is 11.5 Å². The number of aliphatic hydroxyl groups excluding tert-OH is 1. The summed E-state index contributed by atoms with van der Waals surface area (Å²) in [5.74, 6) is 1.19. The fourth-order valence-corrected chi connectivity index (χ4v) is 3.65. The third-order valence-electron chi connectivity index (χ3n) is 5.86. The molecule has 0 aliphatic heterocycles. The molecule has 3 atom stereocenters. The standard InChI is InChI=1S/C25H41F3N2O5/c1-17(2)19(13-18-8-9-22(34-4)23(14-18)35-12-6-11-33-3)15-20(29)21(31)16-30-24(32)7-5-10-25(26,27)28/h8-9,14,17,19-21,31H,5-7,10-13,15-16,29H2,1-4H3,(H,30,32). The largest absolute Gasteiger partial charge is 0.493 e. The van der Waals surface area contributed by atoms with Gasteiger partial charge in [0.25, 0.3) is 0 Å². The highest BCUT2D eigenvalue weighted by molar-refractivity contribution is 5.75. The second-order valence-electron chi connectivity index (χ2n) is 9.13. The molecular weight excluding hydrogens is 465 g/mol. The van der Waals surface area contributed by atoms with E-state index < -0.39 is 30.7 Å². The molecule has 0 radical (unpaired) electrons. The molecular formula is C25H41F3N2O5. The number of amides is 1. The number of benzene rings is 1. The monoisotopic (exact) mass is 506 g/mol. The zero-order valence-electron chi connectivity index (χ0n) is 21.2. The van der Waals surface area contributed by atoms with Gasteiger partial charge in [-0.1, -0.05) is 19.9 Å². The van der Waals surface area contributed by atoms with E-state index in [1.165, 1.54) is 0 Å². The second kappa shape index (κ2) is 15.9. The van der Waals surface area contributed by atoms with E-state index in [1.54, 1.807) is 14.2 Å². The van der Waals surface area contributed by atoms with Crippen LogP contribution in [0.3, 0.4) is 0 Å². The van der Waals surface area contributed by atoms with Crippen LogP contribution in [0.15, 0.2) is 18.2 Å². The summed E-state index contributed by atoms with van der Waals surface area (Å²) in [4.78, 5) is 11.8. The molecule has 0 saturated carbocycles. The van der Waals surface area contributed by atoms with Gasteiger partial charge < -0.3 is 30.4 Å². The lowest BCUT2D eigenvalue weighted by molar-refractivity contribution is -0.137. The van der Waals surface area contributed by atoms with Crippen molar-refractivity contribution in [2.45, 2.75) is 70.7 Å². The molecule has 0 saturated heterocycles. The Hall–Kier alpha value is -2.04. The highest BCUT2D eigenvalue weighted by Crippen LogP contribution is 2.31. The van der Waals surface area contributed by atoms with Gasteiger partial charge >= 0.3 is 6.18 Å². The van der Waals surface area contributed by atoms with E-state index >= 15 is 0 Å². The van der Waals surface area contributed by atoms with E-state index in [2.05, 4.69) is 19.2 Å². The van der Waals surface area contributed by atoms with Crippen molar-refractivity contribution in [3.8, 4) is 11.5 Å². The maximum absolute atomic E-state index is 12.2. The fraction of sp³-hybridized carbons (Fsp3) is 0.720. The Morgan fingerprint density at radius 3 is 2.46 bits per heavy atom. The molecule has 0 aliphatic carbocycles. The van der Waals surface area contributed by atoms with Crippen LogP contribution in [0.4, 0.5) is 13.2 Å². The van der Waals surface area contributed by atoms with Gasteiger partial charge in [-0.2, -0.15) is 13.2 Å². The van der Waals surface area contributed by atoms with Crippen LogP contribution in [-0.4, -0.2) is 63.3 Å².